The van der Waals surface area contributed by atoms with Crippen molar-refractivity contribution < 1.29 is 18.7 Å². The quantitative estimate of drug-likeness (QED) is 0.786. The standard InChI is InChI=1S/C11H14FNO3/c1-7(11(14)15-2)16-9-4-3-8(6-13)10(12)5-9/h3-5,7H,6,13H2,1-2H3/t7-/m0/s1. The second-order valence-electron chi connectivity index (χ2n) is 3.24. The molecule has 0 saturated carbocycles. The van der Waals surface area contributed by atoms with Gasteiger partial charge in [0.15, 0.2) is 6.10 Å². The lowest BCUT2D eigenvalue weighted by Crippen LogP contribution is -2.24. The molecule has 88 valence electrons. The molecule has 0 spiro atoms. The average Bonchev–Trinajstić information content (AvgIpc) is 2.28. The van der Waals surface area contributed by atoms with Crippen LogP contribution in [0.15, 0.2) is 18.2 Å². The van der Waals surface area contributed by atoms with Crippen molar-refractivity contribution in [3.63, 3.8) is 0 Å². The number of nitrogens with two attached hydrogens (primary N) is 1. The predicted octanol–water partition coefficient (Wildman–Crippen LogP) is 1.22. The van der Waals surface area contributed by atoms with Crippen LogP contribution in [0, 0.1) is 5.82 Å². The average molecular weight is 227 g/mol. The molecule has 0 aromatic heterocycles. The molecule has 0 bridgehead atoms. The molecule has 1 atom stereocenters. The van der Waals surface area contributed by atoms with Crippen molar-refractivity contribution in [3.8, 4) is 5.75 Å². The summed E-state index contributed by atoms with van der Waals surface area (Å²) in [6.45, 7) is 1.65. The molecule has 0 fully saturated rings. The first-order chi connectivity index (χ1) is 7.58. The number of ether oxygens (including phenoxy) is 2. The van der Waals surface area contributed by atoms with Crippen LogP contribution in [0.3, 0.4) is 0 Å². The second-order valence-corrected chi connectivity index (χ2v) is 3.24. The van der Waals surface area contributed by atoms with E-state index in [2.05, 4.69) is 4.74 Å². The number of rotatable bonds is 4. The van der Waals surface area contributed by atoms with Gasteiger partial charge < -0.3 is 15.2 Å². The van der Waals surface area contributed by atoms with Crippen molar-refractivity contribution in [1.82, 2.24) is 0 Å². The van der Waals surface area contributed by atoms with Crippen molar-refractivity contribution >= 4 is 5.97 Å². The third-order valence-electron chi connectivity index (χ3n) is 2.09. The van der Waals surface area contributed by atoms with Crippen molar-refractivity contribution in [3.05, 3.63) is 29.6 Å². The van der Waals surface area contributed by atoms with Crippen LogP contribution >= 0.6 is 0 Å². The number of benzene rings is 1. The first kappa shape index (κ1) is 12.4. The van der Waals surface area contributed by atoms with Gasteiger partial charge in [-0.3, -0.25) is 0 Å². The van der Waals surface area contributed by atoms with Gasteiger partial charge >= 0.3 is 5.97 Å². The van der Waals surface area contributed by atoms with Crippen LogP contribution in [-0.2, 0) is 16.1 Å². The van der Waals surface area contributed by atoms with Crippen LogP contribution in [-0.4, -0.2) is 19.2 Å². The van der Waals surface area contributed by atoms with E-state index in [-0.39, 0.29) is 12.3 Å². The Morgan fingerprint density at radius 2 is 2.25 bits per heavy atom. The Labute approximate surface area is 93.2 Å². The van der Waals surface area contributed by atoms with Crippen molar-refractivity contribution in [2.75, 3.05) is 7.11 Å². The molecule has 16 heavy (non-hydrogen) atoms. The number of carbonyl (C=O) groups is 1. The molecular weight excluding hydrogens is 213 g/mol. The number of hydrogen-bond donors (Lipinski definition) is 1. The Morgan fingerprint density at radius 3 is 2.75 bits per heavy atom. The summed E-state index contributed by atoms with van der Waals surface area (Å²) in [4.78, 5) is 11.1. The number of hydrogen-bond acceptors (Lipinski definition) is 4. The van der Waals surface area contributed by atoms with Crippen LogP contribution in [0.4, 0.5) is 4.39 Å². The van der Waals surface area contributed by atoms with E-state index in [1.165, 1.54) is 26.2 Å². The summed E-state index contributed by atoms with van der Waals surface area (Å²) in [7, 11) is 1.26. The Kier molecular flexibility index (Phi) is 4.25. The fraction of sp³-hybridized carbons (Fsp3) is 0.364. The lowest BCUT2D eigenvalue weighted by Gasteiger charge is -2.12. The lowest BCUT2D eigenvalue weighted by atomic mass is 10.2. The zero-order valence-electron chi connectivity index (χ0n) is 9.20. The van der Waals surface area contributed by atoms with Gasteiger partial charge in [-0.25, -0.2) is 9.18 Å². The van der Waals surface area contributed by atoms with Crippen LogP contribution in [0.1, 0.15) is 12.5 Å². The van der Waals surface area contributed by atoms with E-state index in [4.69, 9.17) is 10.5 Å². The summed E-state index contributed by atoms with van der Waals surface area (Å²) >= 11 is 0. The van der Waals surface area contributed by atoms with Crippen LogP contribution in [0.2, 0.25) is 0 Å². The molecule has 0 saturated heterocycles. The molecule has 1 aromatic carbocycles. The Bertz CT molecular complexity index is 381. The molecule has 0 heterocycles. The molecule has 4 nitrogen and oxygen atoms in total. The summed E-state index contributed by atoms with van der Waals surface area (Å²) in [5, 5.41) is 0. The van der Waals surface area contributed by atoms with Crippen molar-refractivity contribution in [2.24, 2.45) is 5.73 Å². The number of halogens is 1. The van der Waals surface area contributed by atoms with Crippen LogP contribution < -0.4 is 10.5 Å². The highest BCUT2D eigenvalue weighted by Crippen LogP contribution is 2.17. The summed E-state index contributed by atoms with van der Waals surface area (Å²) < 4.78 is 23.0. The highest BCUT2D eigenvalue weighted by atomic mass is 19.1. The first-order valence-electron chi connectivity index (χ1n) is 4.81. The van der Waals surface area contributed by atoms with Gasteiger partial charge in [0.1, 0.15) is 11.6 Å². The van der Waals surface area contributed by atoms with E-state index in [9.17, 15) is 9.18 Å². The van der Waals surface area contributed by atoms with Gasteiger partial charge in [0.05, 0.1) is 7.11 Å². The zero-order valence-corrected chi connectivity index (χ0v) is 9.20. The van der Waals surface area contributed by atoms with Crippen LogP contribution in [0.25, 0.3) is 0 Å². The lowest BCUT2D eigenvalue weighted by molar-refractivity contribution is -0.147. The van der Waals surface area contributed by atoms with Gasteiger partial charge in [-0.2, -0.15) is 0 Å². The van der Waals surface area contributed by atoms with Gasteiger partial charge in [-0.05, 0) is 13.0 Å². The first-order valence-corrected chi connectivity index (χ1v) is 4.81. The molecule has 5 heteroatoms. The van der Waals surface area contributed by atoms with E-state index >= 15 is 0 Å². The topological polar surface area (TPSA) is 61.5 Å². The minimum absolute atomic E-state index is 0.124. The smallest absolute Gasteiger partial charge is 0.346 e. The SMILES string of the molecule is COC(=O)[C@H](C)Oc1ccc(CN)c(F)c1. The zero-order chi connectivity index (χ0) is 12.1. The van der Waals surface area contributed by atoms with E-state index in [1.807, 2.05) is 0 Å². The minimum Gasteiger partial charge on any atom is -0.479 e. The molecule has 0 amide bonds. The molecule has 1 aromatic rings. The molecule has 0 unspecified atom stereocenters. The molecular formula is C11H14FNO3. The number of methoxy groups -OCH3 is 1. The summed E-state index contributed by atoms with van der Waals surface area (Å²) in [5.41, 5.74) is 5.72. The fourth-order valence-corrected chi connectivity index (χ4v) is 1.19. The number of carbonyl (C=O) groups excluding carboxylic acids is 1. The molecule has 0 aliphatic rings. The molecule has 0 radical (unpaired) electrons. The predicted molar refractivity (Wildman–Crippen MR) is 56.4 cm³/mol. The maximum Gasteiger partial charge on any atom is 0.346 e. The molecule has 0 aliphatic heterocycles. The van der Waals surface area contributed by atoms with E-state index < -0.39 is 17.9 Å². The second kappa shape index (κ2) is 5.46. The third kappa shape index (κ3) is 2.93. The van der Waals surface area contributed by atoms with Gasteiger partial charge in [-0.1, -0.05) is 6.07 Å². The Morgan fingerprint density at radius 1 is 1.56 bits per heavy atom. The largest absolute Gasteiger partial charge is 0.479 e. The highest BCUT2D eigenvalue weighted by Gasteiger charge is 2.15. The van der Waals surface area contributed by atoms with E-state index in [1.54, 1.807) is 6.07 Å². The molecule has 0 aliphatic carbocycles. The van der Waals surface area contributed by atoms with Crippen LogP contribution in [0.5, 0.6) is 5.75 Å². The van der Waals surface area contributed by atoms with Crippen molar-refractivity contribution in [2.45, 2.75) is 19.6 Å². The summed E-state index contributed by atoms with van der Waals surface area (Å²) in [6.07, 6.45) is -0.770. The van der Waals surface area contributed by atoms with Gasteiger partial charge in [0, 0.05) is 18.2 Å². The van der Waals surface area contributed by atoms with E-state index in [0.29, 0.717) is 5.56 Å². The van der Waals surface area contributed by atoms with E-state index in [0.717, 1.165) is 0 Å². The Balaban J connectivity index is 2.75. The maximum absolute atomic E-state index is 13.3. The van der Waals surface area contributed by atoms with Gasteiger partial charge in [0.2, 0.25) is 0 Å². The minimum atomic E-state index is -0.770. The summed E-state index contributed by atoms with van der Waals surface area (Å²) in [6, 6.07) is 4.28. The van der Waals surface area contributed by atoms with Gasteiger partial charge in [0.25, 0.3) is 0 Å². The number of esters is 1. The van der Waals surface area contributed by atoms with Crippen molar-refractivity contribution in [1.29, 1.82) is 0 Å². The third-order valence-corrected chi connectivity index (χ3v) is 2.09. The Hall–Kier alpha value is -1.62. The molecule has 2 N–H and O–H groups in total. The summed E-state index contributed by atoms with van der Waals surface area (Å²) in [5.74, 6) is -0.687. The fourth-order valence-electron chi connectivity index (χ4n) is 1.19. The monoisotopic (exact) mass is 227 g/mol. The molecule has 1 rings (SSSR count). The normalized spacial score (nSPS) is 12.0. The maximum atomic E-state index is 13.3. The highest BCUT2D eigenvalue weighted by molar-refractivity contribution is 5.74. The van der Waals surface area contributed by atoms with Gasteiger partial charge in [-0.15, -0.1) is 0 Å².